The Kier molecular flexibility index (Phi) is 6.43. The van der Waals surface area contributed by atoms with Crippen molar-refractivity contribution in [2.75, 3.05) is 34.3 Å². The lowest BCUT2D eigenvalue weighted by atomic mass is 9.77. The predicted octanol–water partition coefficient (Wildman–Crippen LogP) is 1.79. The van der Waals surface area contributed by atoms with Gasteiger partial charge in [-0.25, -0.2) is 4.68 Å². The minimum absolute atomic E-state index is 0.102. The molecule has 1 aliphatic heterocycles. The summed E-state index contributed by atoms with van der Waals surface area (Å²) < 4.78 is 7.83. The number of nitrogens with zero attached hydrogens (tertiary/aromatic N) is 6. The van der Waals surface area contributed by atoms with Crippen molar-refractivity contribution >= 4 is 5.91 Å². The molecule has 8 nitrogen and oxygen atoms in total. The van der Waals surface area contributed by atoms with Gasteiger partial charge in [0.05, 0.1) is 24.0 Å². The molecule has 2 fully saturated rings. The van der Waals surface area contributed by atoms with E-state index in [2.05, 4.69) is 25.1 Å². The number of methoxy groups -OCH3 is 1. The van der Waals surface area contributed by atoms with Gasteiger partial charge in [-0.15, -0.1) is 5.10 Å². The summed E-state index contributed by atoms with van der Waals surface area (Å²) >= 11 is 0. The number of rotatable bonds is 7. The molecule has 4 rings (SSSR count). The average Bonchev–Trinajstić information content (AvgIpc) is 3.37. The van der Waals surface area contributed by atoms with Gasteiger partial charge in [-0.1, -0.05) is 11.3 Å². The van der Waals surface area contributed by atoms with Gasteiger partial charge in [0.15, 0.2) is 0 Å². The number of aryl methyl sites for hydroxylation is 1. The monoisotopic (exact) mass is 412 g/mol. The van der Waals surface area contributed by atoms with E-state index in [-0.39, 0.29) is 18.1 Å². The van der Waals surface area contributed by atoms with E-state index < -0.39 is 0 Å². The molecule has 0 radical (unpaired) electrons. The molecule has 2 aromatic heterocycles. The Morgan fingerprint density at radius 3 is 2.77 bits per heavy atom. The molecule has 1 saturated heterocycles. The number of likely N-dealkylation sites (tertiary alicyclic amines) is 1. The summed E-state index contributed by atoms with van der Waals surface area (Å²) in [4.78, 5) is 21.1. The van der Waals surface area contributed by atoms with Gasteiger partial charge in [0.25, 0.3) is 0 Å². The maximum Gasteiger partial charge on any atom is 0.222 e. The molecular weight excluding hydrogens is 380 g/mol. The van der Waals surface area contributed by atoms with Gasteiger partial charge in [0, 0.05) is 45.6 Å². The quantitative estimate of drug-likeness (QED) is 0.690. The van der Waals surface area contributed by atoms with Crippen molar-refractivity contribution in [3.63, 3.8) is 0 Å². The van der Waals surface area contributed by atoms with Crippen molar-refractivity contribution in [2.24, 2.45) is 11.8 Å². The molecular formula is C22H32N6O2. The van der Waals surface area contributed by atoms with Crippen LogP contribution in [-0.2, 0) is 22.5 Å². The van der Waals surface area contributed by atoms with Crippen molar-refractivity contribution in [2.45, 2.75) is 44.4 Å². The van der Waals surface area contributed by atoms with E-state index in [1.807, 2.05) is 43.3 Å². The van der Waals surface area contributed by atoms with Gasteiger partial charge >= 0.3 is 0 Å². The van der Waals surface area contributed by atoms with E-state index in [9.17, 15) is 4.79 Å². The molecule has 4 atom stereocenters. The summed E-state index contributed by atoms with van der Waals surface area (Å²) in [5.41, 5.74) is 2.08. The highest BCUT2D eigenvalue weighted by atomic mass is 16.5. The zero-order valence-electron chi connectivity index (χ0n) is 18.1. The zero-order valence-corrected chi connectivity index (χ0v) is 18.1. The van der Waals surface area contributed by atoms with E-state index in [0.29, 0.717) is 18.3 Å². The third-order valence-electron chi connectivity index (χ3n) is 6.47. The Hall–Kier alpha value is -2.32. The predicted molar refractivity (Wildman–Crippen MR) is 113 cm³/mol. The number of carbonyl (C=O) groups excluding carboxylic acids is 1. The first-order valence-electron chi connectivity index (χ1n) is 10.8. The van der Waals surface area contributed by atoms with Crippen LogP contribution in [0.3, 0.4) is 0 Å². The first-order valence-corrected chi connectivity index (χ1v) is 10.8. The van der Waals surface area contributed by atoms with E-state index in [1.165, 1.54) is 0 Å². The molecule has 0 spiro atoms. The van der Waals surface area contributed by atoms with E-state index >= 15 is 0 Å². The highest BCUT2D eigenvalue weighted by Crippen LogP contribution is 2.42. The molecule has 1 aliphatic carbocycles. The van der Waals surface area contributed by atoms with Gasteiger partial charge < -0.3 is 14.5 Å². The van der Waals surface area contributed by atoms with Gasteiger partial charge in [-0.3, -0.25) is 9.78 Å². The maximum atomic E-state index is 12.8. The molecule has 1 amide bonds. The highest BCUT2D eigenvalue weighted by Gasteiger charge is 2.44. The summed E-state index contributed by atoms with van der Waals surface area (Å²) in [7, 11) is 5.84. The number of carbonyl (C=O) groups is 1. The SMILES string of the molecule is CO[C@@H]1C[C@H]2CN(C(=O)CCc3cccnc3)C[C@H]2C[C@H]1n1cc(CN(C)C)nn1. The Balaban J connectivity index is 1.37. The minimum Gasteiger partial charge on any atom is -0.379 e. The van der Waals surface area contributed by atoms with Crippen LogP contribution in [-0.4, -0.2) is 76.1 Å². The Morgan fingerprint density at radius 2 is 2.07 bits per heavy atom. The fourth-order valence-electron chi connectivity index (χ4n) is 4.95. The smallest absolute Gasteiger partial charge is 0.222 e. The van der Waals surface area contributed by atoms with Gasteiger partial charge in [-0.05, 0) is 56.8 Å². The Bertz CT molecular complexity index is 839. The largest absolute Gasteiger partial charge is 0.379 e. The van der Waals surface area contributed by atoms with Gasteiger partial charge in [-0.2, -0.15) is 0 Å². The number of pyridine rings is 1. The van der Waals surface area contributed by atoms with E-state index in [0.717, 1.165) is 50.2 Å². The fraction of sp³-hybridized carbons (Fsp3) is 0.636. The van der Waals surface area contributed by atoms with Crippen LogP contribution in [0.2, 0.25) is 0 Å². The van der Waals surface area contributed by atoms with Crippen LogP contribution in [0.15, 0.2) is 30.7 Å². The van der Waals surface area contributed by atoms with Crippen molar-refractivity contribution < 1.29 is 9.53 Å². The third-order valence-corrected chi connectivity index (χ3v) is 6.47. The summed E-state index contributed by atoms with van der Waals surface area (Å²) in [6, 6.07) is 4.12. The normalized spacial score (nSPS) is 26.2. The molecule has 0 aromatic carbocycles. The molecule has 162 valence electrons. The first-order chi connectivity index (χ1) is 14.5. The topological polar surface area (TPSA) is 76.4 Å². The highest BCUT2D eigenvalue weighted by molar-refractivity contribution is 5.76. The fourth-order valence-corrected chi connectivity index (χ4v) is 4.95. The molecule has 3 heterocycles. The summed E-state index contributed by atoms with van der Waals surface area (Å²) in [5, 5.41) is 8.72. The first kappa shape index (κ1) is 20.9. The molecule has 30 heavy (non-hydrogen) atoms. The van der Waals surface area contributed by atoms with Crippen LogP contribution in [0.5, 0.6) is 0 Å². The molecule has 0 bridgehead atoms. The lowest BCUT2D eigenvalue weighted by Gasteiger charge is -2.36. The molecule has 8 heteroatoms. The van der Waals surface area contributed by atoms with Crippen LogP contribution in [0.1, 0.15) is 36.6 Å². The second kappa shape index (κ2) is 9.22. The molecule has 2 aliphatic rings. The van der Waals surface area contributed by atoms with Crippen LogP contribution in [0.25, 0.3) is 0 Å². The number of fused-ring (bicyclic) bond motifs is 1. The average molecular weight is 413 g/mol. The Morgan fingerprint density at radius 1 is 1.27 bits per heavy atom. The molecule has 0 N–H and O–H groups in total. The van der Waals surface area contributed by atoms with E-state index in [1.54, 1.807) is 13.3 Å². The van der Waals surface area contributed by atoms with Crippen molar-refractivity contribution in [3.8, 4) is 0 Å². The van der Waals surface area contributed by atoms with Crippen LogP contribution < -0.4 is 0 Å². The van der Waals surface area contributed by atoms with Gasteiger partial charge in [0.2, 0.25) is 5.91 Å². The summed E-state index contributed by atoms with van der Waals surface area (Å²) in [6.45, 7) is 2.45. The van der Waals surface area contributed by atoms with Crippen LogP contribution >= 0.6 is 0 Å². The van der Waals surface area contributed by atoms with Crippen LogP contribution in [0, 0.1) is 11.8 Å². The second-order valence-electron chi connectivity index (χ2n) is 8.92. The lowest BCUT2D eigenvalue weighted by Crippen LogP contribution is -2.37. The number of amides is 1. The molecule has 1 saturated carbocycles. The maximum absolute atomic E-state index is 12.8. The minimum atomic E-state index is 0.102. The Labute approximate surface area is 178 Å². The van der Waals surface area contributed by atoms with E-state index in [4.69, 9.17) is 4.74 Å². The summed E-state index contributed by atoms with van der Waals surface area (Å²) in [5.74, 6) is 1.23. The number of ether oxygens (including phenoxy) is 1. The van der Waals surface area contributed by atoms with Crippen molar-refractivity contribution in [1.29, 1.82) is 0 Å². The van der Waals surface area contributed by atoms with Crippen LogP contribution in [0.4, 0.5) is 0 Å². The van der Waals surface area contributed by atoms with Crippen molar-refractivity contribution in [1.82, 2.24) is 29.8 Å². The molecule has 2 aromatic rings. The molecule has 0 unspecified atom stereocenters. The zero-order chi connectivity index (χ0) is 21.1. The number of aromatic nitrogens is 4. The standard InChI is InChI=1S/C22H32N6O2/c1-26(2)14-19-15-28(25-24-19)20-9-17-12-27(13-18(17)10-21(20)30-3)22(29)7-6-16-5-4-8-23-11-16/h4-5,8,11,15,17-18,20-21H,6-7,9-10,12-14H2,1-3H3/t17-,18+,20-,21-/m1/s1. The third kappa shape index (κ3) is 4.70. The number of hydrogen-bond acceptors (Lipinski definition) is 6. The van der Waals surface area contributed by atoms with Gasteiger partial charge in [0.1, 0.15) is 0 Å². The van der Waals surface area contributed by atoms with Crippen molar-refractivity contribution in [3.05, 3.63) is 42.0 Å². The lowest BCUT2D eigenvalue weighted by molar-refractivity contribution is -0.130. The second-order valence-corrected chi connectivity index (χ2v) is 8.92. The summed E-state index contributed by atoms with van der Waals surface area (Å²) in [6.07, 6.45) is 8.97. The number of hydrogen-bond donors (Lipinski definition) is 0.